The largest absolute Gasteiger partial charge is 0.431 e. The topological polar surface area (TPSA) is 38.1 Å². The Kier molecular flexibility index (Phi) is 5.20. The van der Waals surface area contributed by atoms with E-state index in [4.69, 9.17) is 4.42 Å². The van der Waals surface area contributed by atoms with Crippen molar-refractivity contribution >= 4 is 22.9 Å². The molecule has 0 aliphatic heterocycles. The van der Waals surface area contributed by atoms with Crippen LogP contribution in [0, 0.1) is 5.92 Å². The summed E-state index contributed by atoms with van der Waals surface area (Å²) >= 11 is 1.75. The lowest BCUT2D eigenvalue weighted by molar-refractivity contribution is 0.393. The van der Waals surface area contributed by atoms with Gasteiger partial charge in [-0.15, -0.1) is 0 Å². The molecular weight excluding hydrogens is 280 g/mol. The predicted molar refractivity (Wildman–Crippen MR) is 88.8 cm³/mol. The van der Waals surface area contributed by atoms with Crippen LogP contribution in [0.4, 0.5) is 0 Å². The molecular formula is C17H24N2OS. The SMILES string of the molecule is CCCNC1CCCC1CCSc1nc2ccccc2o1. The maximum absolute atomic E-state index is 5.76. The first-order valence-electron chi connectivity index (χ1n) is 8.08. The Hall–Kier alpha value is -1.00. The lowest BCUT2D eigenvalue weighted by atomic mass is 10.0. The average molecular weight is 304 g/mol. The van der Waals surface area contributed by atoms with Crippen LogP contribution in [0.15, 0.2) is 33.9 Å². The molecule has 1 aliphatic rings. The maximum atomic E-state index is 5.76. The quantitative estimate of drug-likeness (QED) is 0.765. The standard InChI is InChI=1S/C17H24N2OS/c1-2-11-18-14-8-5-6-13(14)10-12-21-17-19-15-7-3-4-9-16(15)20-17/h3-4,7,9,13-14,18H,2,5-6,8,10-12H2,1H3. The zero-order chi connectivity index (χ0) is 14.5. The highest BCUT2D eigenvalue weighted by atomic mass is 32.2. The first-order chi connectivity index (χ1) is 10.4. The van der Waals surface area contributed by atoms with Crippen molar-refractivity contribution in [2.24, 2.45) is 5.92 Å². The molecule has 1 heterocycles. The monoisotopic (exact) mass is 304 g/mol. The fourth-order valence-electron chi connectivity index (χ4n) is 3.19. The lowest BCUT2D eigenvalue weighted by Gasteiger charge is -2.20. The molecule has 1 fully saturated rings. The van der Waals surface area contributed by atoms with E-state index >= 15 is 0 Å². The molecule has 2 aromatic rings. The van der Waals surface area contributed by atoms with Gasteiger partial charge in [0.1, 0.15) is 5.52 Å². The number of oxazole rings is 1. The number of benzene rings is 1. The minimum Gasteiger partial charge on any atom is -0.431 e. The van der Waals surface area contributed by atoms with E-state index in [0.29, 0.717) is 0 Å². The van der Waals surface area contributed by atoms with Gasteiger partial charge in [-0.1, -0.05) is 37.2 Å². The Morgan fingerprint density at radius 3 is 3.10 bits per heavy atom. The van der Waals surface area contributed by atoms with Crippen LogP contribution < -0.4 is 5.32 Å². The minimum absolute atomic E-state index is 0.731. The Bertz CT molecular complexity index is 536. The van der Waals surface area contributed by atoms with Crippen molar-refractivity contribution in [3.8, 4) is 0 Å². The fourth-order valence-corrected chi connectivity index (χ4v) is 4.10. The molecule has 0 saturated heterocycles. The van der Waals surface area contributed by atoms with Gasteiger partial charge in [0.2, 0.25) is 0 Å². The summed E-state index contributed by atoms with van der Waals surface area (Å²) in [6, 6.07) is 8.71. The average Bonchev–Trinajstić information content (AvgIpc) is 3.11. The first kappa shape index (κ1) is 14.9. The highest BCUT2D eigenvalue weighted by Crippen LogP contribution is 2.31. The van der Waals surface area contributed by atoms with E-state index in [1.807, 2.05) is 24.3 Å². The Labute approximate surface area is 130 Å². The summed E-state index contributed by atoms with van der Waals surface area (Å²) in [4.78, 5) is 4.53. The number of thioether (sulfide) groups is 1. The van der Waals surface area contributed by atoms with Crippen molar-refractivity contribution in [2.45, 2.75) is 50.3 Å². The fraction of sp³-hybridized carbons (Fsp3) is 0.588. The van der Waals surface area contributed by atoms with Gasteiger partial charge in [0.25, 0.3) is 5.22 Å². The molecule has 0 amide bonds. The lowest BCUT2D eigenvalue weighted by Crippen LogP contribution is -2.33. The molecule has 0 radical (unpaired) electrons. The number of hydrogen-bond donors (Lipinski definition) is 1. The van der Waals surface area contributed by atoms with E-state index in [9.17, 15) is 0 Å². The molecule has 1 N–H and O–H groups in total. The molecule has 1 aromatic heterocycles. The van der Waals surface area contributed by atoms with Gasteiger partial charge in [-0.2, -0.15) is 0 Å². The second kappa shape index (κ2) is 7.32. The second-order valence-corrected chi connectivity index (χ2v) is 6.88. The van der Waals surface area contributed by atoms with Crippen molar-refractivity contribution in [2.75, 3.05) is 12.3 Å². The first-order valence-corrected chi connectivity index (χ1v) is 9.07. The van der Waals surface area contributed by atoms with Gasteiger partial charge in [-0.3, -0.25) is 0 Å². The highest BCUT2D eigenvalue weighted by molar-refractivity contribution is 7.99. The van der Waals surface area contributed by atoms with Crippen LogP contribution in [0.1, 0.15) is 39.0 Å². The van der Waals surface area contributed by atoms with Gasteiger partial charge < -0.3 is 9.73 Å². The summed E-state index contributed by atoms with van der Waals surface area (Å²) in [5.41, 5.74) is 1.85. The molecule has 1 aromatic carbocycles. The van der Waals surface area contributed by atoms with Crippen LogP contribution in [0.5, 0.6) is 0 Å². The third kappa shape index (κ3) is 3.80. The number of fused-ring (bicyclic) bond motifs is 1. The van der Waals surface area contributed by atoms with Crippen LogP contribution in [-0.4, -0.2) is 23.3 Å². The Balaban J connectivity index is 1.49. The zero-order valence-corrected chi connectivity index (χ0v) is 13.5. The number of aromatic nitrogens is 1. The van der Waals surface area contributed by atoms with Crippen molar-refractivity contribution in [1.82, 2.24) is 10.3 Å². The van der Waals surface area contributed by atoms with Crippen LogP contribution >= 0.6 is 11.8 Å². The summed E-state index contributed by atoms with van der Waals surface area (Å²) in [6.07, 6.45) is 6.57. The number of rotatable bonds is 7. The molecule has 0 bridgehead atoms. The molecule has 4 heteroatoms. The van der Waals surface area contributed by atoms with Crippen LogP contribution in [-0.2, 0) is 0 Å². The zero-order valence-electron chi connectivity index (χ0n) is 12.7. The Morgan fingerprint density at radius 1 is 1.33 bits per heavy atom. The molecule has 0 spiro atoms. The molecule has 3 rings (SSSR count). The van der Waals surface area contributed by atoms with E-state index in [2.05, 4.69) is 17.2 Å². The number of hydrogen-bond acceptors (Lipinski definition) is 4. The summed E-state index contributed by atoms with van der Waals surface area (Å²) in [5, 5.41) is 4.52. The Morgan fingerprint density at radius 2 is 2.24 bits per heavy atom. The predicted octanol–water partition coefficient (Wildman–Crippen LogP) is 4.48. The molecule has 3 nitrogen and oxygen atoms in total. The number of nitrogens with zero attached hydrogens (tertiary/aromatic N) is 1. The third-order valence-corrected chi connectivity index (χ3v) is 5.17. The molecule has 2 atom stereocenters. The normalized spacial score (nSPS) is 22.1. The molecule has 21 heavy (non-hydrogen) atoms. The summed E-state index contributed by atoms with van der Waals surface area (Å²) in [6.45, 7) is 3.39. The summed E-state index contributed by atoms with van der Waals surface area (Å²) < 4.78 is 5.76. The minimum atomic E-state index is 0.731. The van der Waals surface area contributed by atoms with Crippen molar-refractivity contribution in [3.05, 3.63) is 24.3 Å². The van der Waals surface area contributed by atoms with Gasteiger partial charge in [0.15, 0.2) is 5.58 Å². The third-order valence-electron chi connectivity index (χ3n) is 4.30. The van der Waals surface area contributed by atoms with Crippen molar-refractivity contribution < 1.29 is 4.42 Å². The summed E-state index contributed by atoms with van der Waals surface area (Å²) in [5.74, 6) is 1.93. The van der Waals surface area contributed by atoms with Crippen LogP contribution in [0.2, 0.25) is 0 Å². The van der Waals surface area contributed by atoms with Crippen LogP contribution in [0.25, 0.3) is 11.1 Å². The van der Waals surface area contributed by atoms with Crippen LogP contribution in [0.3, 0.4) is 0 Å². The van der Waals surface area contributed by atoms with Gasteiger partial charge in [-0.05, 0) is 50.3 Å². The van der Waals surface area contributed by atoms with Crippen molar-refractivity contribution in [1.29, 1.82) is 0 Å². The van der Waals surface area contributed by atoms with Crippen molar-refractivity contribution in [3.63, 3.8) is 0 Å². The molecule has 2 unspecified atom stereocenters. The van der Waals surface area contributed by atoms with Gasteiger partial charge in [0, 0.05) is 11.8 Å². The van der Waals surface area contributed by atoms with E-state index in [0.717, 1.165) is 40.6 Å². The highest BCUT2D eigenvalue weighted by Gasteiger charge is 2.26. The maximum Gasteiger partial charge on any atom is 0.256 e. The van der Waals surface area contributed by atoms with Gasteiger partial charge in [0.05, 0.1) is 0 Å². The second-order valence-electron chi connectivity index (χ2n) is 5.84. The van der Waals surface area contributed by atoms with Gasteiger partial charge >= 0.3 is 0 Å². The number of nitrogens with one attached hydrogen (secondary N) is 1. The van der Waals surface area contributed by atoms with Gasteiger partial charge in [-0.25, -0.2) is 4.98 Å². The molecule has 1 aliphatic carbocycles. The molecule has 1 saturated carbocycles. The van der Waals surface area contributed by atoms with E-state index < -0.39 is 0 Å². The number of para-hydroxylation sites is 2. The van der Waals surface area contributed by atoms with E-state index in [1.165, 1.54) is 32.1 Å². The van der Waals surface area contributed by atoms with E-state index in [-0.39, 0.29) is 0 Å². The summed E-state index contributed by atoms with van der Waals surface area (Å²) in [7, 11) is 0. The van der Waals surface area contributed by atoms with E-state index in [1.54, 1.807) is 11.8 Å². The smallest absolute Gasteiger partial charge is 0.256 e. The molecule has 114 valence electrons.